The van der Waals surface area contributed by atoms with E-state index in [1.54, 1.807) is 0 Å². The number of halogens is 1. The number of nitrogens with zero attached hydrogens (tertiary/aromatic N) is 1. The third kappa shape index (κ3) is 3.75. The Morgan fingerprint density at radius 1 is 0.900 bits per heavy atom. The van der Waals surface area contributed by atoms with Crippen LogP contribution in [-0.2, 0) is 0 Å². The highest BCUT2D eigenvalue weighted by molar-refractivity contribution is 9.10. The lowest BCUT2D eigenvalue weighted by Crippen LogP contribution is -2.15. The topological polar surface area (TPSA) is 42.0 Å². The maximum Gasteiger partial charge on any atom is 0.256 e. The van der Waals surface area contributed by atoms with Gasteiger partial charge in [-0.15, -0.1) is 0 Å². The second kappa shape index (κ2) is 8.04. The molecule has 0 aliphatic carbocycles. The van der Waals surface area contributed by atoms with E-state index in [0.717, 1.165) is 54.6 Å². The van der Waals surface area contributed by atoms with Crippen LogP contribution in [0.3, 0.4) is 0 Å². The van der Waals surface area contributed by atoms with E-state index < -0.39 is 0 Å². The van der Waals surface area contributed by atoms with Gasteiger partial charge in [0.15, 0.2) is 0 Å². The molecule has 0 unspecified atom stereocenters. The van der Waals surface area contributed by atoms with Gasteiger partial charge in [-0.1, -0.05) is 57.9 Å². The van der Waals surface area contributed by atoms with Crippen LogP contribution in [0, 0.1) is 27.7 Å². The highest BCUT2D eigenvalue weighted by atomic mass is 79.9. The van der Waals surface area contributed by atoms with Crippen LogP contribution >= 0.6 is 15.9 Å². The Morgan fingerprint density at radius 2 is 1.63 bits per heavy atom. The quantitative estimate of drug-likeness (QED) is 0.354. The summed E-state index contributed by atoms with van der Waals surface area (Å²) < 4.78 is 1.02. The molecule has 1 aromatic heterocycles. The summed E-state index contributed by atoms with van der Waals surface area (Å²) >= 11 is 3.52. The third-order valence-electron chi connectivity index (χ3n) is 5.36. The number of aromatic nitrogens is 1. The lowest BCUT2D eigenvalue weighted by atomic mass is 9.94. The van der Waals surface area contributed by atoms with Crippen molar-refractivity contribution in [2.24, 2.45) is 0 Å². The molecule has 0 aliphatic rings. The molecule has 0 radical (unpaired) electrons. The summed E-state index contributed by atoms with van der Waals surface area (Å²) in [5.74, 6) is -0.121. The average Bonchev–Trinajstić information content (AvgIpc) is 2.71. The molecule has 1 heterocycles. The predicted molar refractivity (Wildman–Crippen MR) is 128 cm³/mol. The first-order valence-electron chi connectivity index (χ1n) is 9.89. The number of hydrogen-bond donors (Lipinski definition) is 1. The summed E-state index contributed by atoms with van der Waals surface area (Å²) in [6.07, 6.45) is 0. The van der Waals surface area contributed by atoms with E-state index in [9.17, 15) is 4.79 Å². The van der Waals surface area contributed by atoms with Crippen LogP contribution in [0.5, 0.6) is 0 Å². The number of carbonyl (C=O) groups is 1. The monoisotopic (exact) mass is 458 g/mol. The summed E-state index contributed by atoms with van der Waals surface area (Å²) in [6.45, 7) is 8.08. The zero-order valence-corrected chi connectivity index (χ0v) is 19.1. The summed E-state index contributed by atoms with van der Waals surface area (Å²) in [5, 5.41) is 3.97. The van der Waals surface area contributed by atoms with Gasteiger partial charge in [-0.2, -0.15) is 0 Å². The van der Waals surface area contributed by atoms with E-state index in [1.807, 2.05) is 76.2 Å². The molecule has 30 heavy (non-hydrogen) atoms. The number of fused-ring (bicyclic) bond motifs is 1. The highest BCUT2D eigenvalue weighted by Gasteiger charge is 2.20. The van der Waals surface area contributed by atoms with Crippen molar-refractivity contribution in [3.8, 4) is 11.3 Å². The molecule has 4 heteroatoms. The molecule has 0 spiro atoms. The highest BCUT2D eigenvalue weighted by Crippen LogP contribution is 2.32. The van der Waals surface area contributed by atoms with E-state index in [4.69, 9.17) is 4.98 Å². The average molecular weight is 459 g/mol. The molecule has 3 nitrogen and oxygen atoms in total. The maximum absolute atomic E-state index is 13.5. The number of aryl methyl sites for hydroxylation is 3. The molecule has 150 valence electrons. The molecule has 4 rings (SSSR count). The minimum absolute atomic E-state index is 0.121. The minimum Gasteiger partial charge on any atom is -0.322 e. The van der Waals surface area contributed by atoms with Crippen molar-refractivity contribution in [2.75, 3.05) is 5.32 Å². The van der Waals surface area contributed by atoms with Crippen LogP contribution in [-0.4, -0.2) is 10.9 Å². The van der Waals surface area contributed by atoms with Crippen molar-refractivity contribution in [1.82, 2.24) is 4.98 Å². The maximum atomic E-state index is 13.5. The fourth-order valence-corrected chi connectivity index (χ4v) is 4.15. The molecule has 0 saturated carbocycles. The number of pyridine rings is 1. The van der Waals surface area contributed by atoms with Crippen LogP contribution in [0.4, 0.5) is 5.69 Å². The molecular formula is C26H23BrN2O. The second-order valence-electron chi connectivity index (χ2n) is 7.72. The number of anilines is 1. The summed E-state index contributed by atoms with van der Waals surface area (Å²) in [7, 11) is 0. The molecule has 1 N–H and O–H groups in total. The first kappa shape index (κ1) is 20.3. The van der Waals surface area contributed by atoms with E-state index in [0.29, 0.717) is 5.56 Å². The van der Waals surface area contributed by atoms with Crippen molar-refractivity contribution in [2.45, 2.75) is 27.7 Å². The molecule has 4 aromatic rings. The van der Waals surface area contributed by atoms with Gasteiger partial charge in [0, 0.05) is 21.1 Å². The van der Waals surface area contributed by atoms with Gasteiger partial charge >= 0.3 is 0 Å². The molecule has 0 bridgehead atoms. The fraction of sp³-hybridized carbons (Fsp3) is 0.154. The predicted octanol–water partition coefficient (Wildman–Crippen LogP) is 7.15. The normalized spacial score (nSPS) is 11.0. The number of carbonyl (C=O) groups excluding carboxylic acids is 1. The summed E-state index contributed by atoms with van der Waals surface area (Å²) in [5.41, 5.74) is 8.28. The fourth-order valence-electron chi connectivity index (χ4n) is 3.90. The summed E-state index contributed by atoms with van der Waals surface area (Å²) in [6, 6.07) is 20.0. The Hall–Kier alpha value is -2.98. The number of amides is 1. The molecule has 3 aromatic carbocycles. The number of rotatable bonds is 3. The van der Waals surface area contributed by atoms with Crippen molar-refractivity contribution in [3.63, 3.8) is 0 Å². The van der Waals surface area contributed by atoms with Gasteiger partial charge in [-0.05, 0) is 68.7 Å². The van der Waals surface area contributed by atoms with Gasteiger partial charge in [0.25, 0.3) is 5.91 Å². The van der Waals surface area contributed by atoms with E-state index in [-0.39, 0.29) is 5.91 Å². The van der Waals surface area contributed by atoms with Crippen LogP contribution in [0.2, 0.25) is 0 Å². The third-order valence-corrected chi connectivity index (χ3v) is 6.25. The second-order valence-corrected chi connectivity index (χ2v) is 8.58. The SMILES string of the molecule is Cc1cc(C)c2nc(-c3ccccc3)c(C)c(C(=O)Nc3ccc(Br)c(C)c3)c2c1. The number of nitrogens with one attached hydrogen (secondary N) is 1. The van der Waals surface area contributed by atoms with Gasteiger partial charge in [-0.25, -0.2) is 4.98 Å². The number of hydrogen-bond acceptors (Lipinski definition) is 2. The Morgan fingerprint density at radius 3 is 2.33 bits per heavy atom. The van der Waals surface area contributed by atoms with Crippen LogP contribution in [0.1, 0.15) is 32.6 Å². The van der Waals surface area contributed by atoms with Crippen molar-refractivity contribution in [1.29, 1.82) is 0 Å². The molecule has 0 fully saturated rings. The lowest BCUT2D eigenvalue weighted by molar-refractivity contribution is 0.102. The molecule has 0 aliphatic heterocycles. The van der Waals surface area contributed by atoms with Crippen LogP contribution in [0.15, 0.2) is 65.1 Å². The summed E-state index contributed by atoms with van der Waals surface area (Å²) in [4.78, 5) is 18.5. The minimum atomic E-state index is -0.121. The smallest absolute Gasteiger partial charge is 0.256 e. The van der Waals surface area contributed by atoms with Crippen LogP contribution in [0.25, 0.3) is 22.2 Å². The van der Waals surface area contributed by atoms with Crippen LogP contribution < -0.4 is 5.32 Å². The lowest BCUT2D eigenvalue weighted by Gasteiger charge is -2.17. The molecular weight excluding hydrogens is 436 g/mol. The van der Waals surface area contributed by atoms with Crippen molar-refractivity contribution >= 4 is 38.4 Å². The molecule has 0 saturated heterocycles. The van der Waals surface area contributed by atoms with Crippen molar-refractivity contribution in [3.05, 3.63) is 93.0 Å². The Labute approximate surface area is 185 Å². The molecule has 0 atom stereocenters. The van der Waals surface area contributed by atoms with Gasteiger partial charge in [0.2, 0.25) is 0 Å². The van der Waals surface area contributed by atoms with E-state index >= 15 is 0 Å². The number of benzene rings is 3. The van der Waals surface area contributed by atoms with E-state index in [2.05, 4.69) is 33.4 Å². The van der Waals surface area contributed by atoms with Gasteiger partial charge in [0.05, 0.1) is 16.8 Å². The first-order chi connectivity index (χ1) is 14.3. The largest absolute Gasteiger partial charge is 0.322 e. The zero-order valence-electron chi connectivity index (χ0n) is 17.5. The molecule has 1 amide bonds. The zero-order chi connectivity index (χ0) is 21.4. The first-order valence-corrected chi connectivity index (χ1v) is 10.7. The standard InChI is InChI=1S/C26H23BrN2O/c1-15-12-17(3)24-21(13-15)23(18(4)25(29-24)19-8-6-5-7-9-19)26(30)28-20-10-11-22(27)16(2)14-20/h5-14H,1-4H3,(H,28,30). The van der Waals surface area contributed by atoms with Gasteiger partial charge in [0.1, 0.15) is 0 Å². The van der Waals surface area contributed by atoms with Crippen molar-refractivity contribution < 1.29 is 4.79 Å². The Balaban J connectivity index is 1.93. The van der Waals surface area contributed by atoms with Gasteiger partial charge in [-0.3, -0.25) is 4.79 Å². The Bertz CT molecular complexity index is 1280. The van der Waals surface area contributed by atoms with Gasteiger partial charge < -0.3 is 5.32 Å². The van der Waals surface area contributed by atoms with E-state index in [1.165, 1.54) is 0 Å². The Kier molecular flexibility index (Phi) is 5.44.